The van der Waals surface area contributed by atoms with Gasteiger partial charge in [-0.05, 0) is 136 Å². The van der Waals surface area contributed by atoms with Gasteiger partial charge in [-0.3, -0.25) is 16.0 Å². The molecule has 3 N–H and O–H groups in total. The zero-order valence-corrected chi connectivity index (χ0v) is 30.4. The summed E-state index contributed by atoms with van der Waals surface area (Å²) in [5, 5.41) is 12.9. The van der Waals surface area contributed by atoms with E-state index >= 15 is 0 Å². The Hall–Kier alpha value is -0.200. The molecular weight excluding hydrogens is 590 g/mol. The van der Waals surface area contributed by atoms with Crippen LogP contribution in [0.25, 0.3) is 0 Å². The Bertz CT molecular complexity index is 1090. The van der Waals surface area contributed by atoms with E-state index in [4.69, 9.17) is 9.47 Å². The van der Waals surface area contributed by atoms with Crippen molar-refractivity contribution in [2.45, 2.75) is 203 Å². The Balaban J connectivity index is 0.865. The highest BCUT2D eigenvalue weighted by Crippen LogP contribution is 2.59. The largest absolute Gasteiger partial charge is 0.374 e. The first-order valence-corrected chi connectivity index (χ1v) is 22.4. The van der Waals surface area contributed by atoms with E-state index in [2.05, 4.69) is 16.0 Å². The maximum absolute atomic E-state index is 7.40. The summed E-state index contributed by atoms with van der Waals surface area (Å²) in [6, 6.07) is 0. The molecule has 16 atom stereocenters. The molecule has 0 radical (unpaired) electrons. The summed E-state index contributed by atoms with van der Waals surface area (Å²) in [6.45, 7) is 0. The zero-order chi connectivity index (χ0) is 31.6. The molecule has 10 rings (SSSR count). The SMILES string of the molecule is C1CCC(C2NC(C3CCC4C(C3)OC3C4CC(C4CCCCC4)C4CCCCC43)NC(C3CCCC4C5CCCCC5OC34)N2)CC1. The van der Waals surface area contributed by atoms with Crippen molar-refractivity contribution in [3.8, 4) is 0 Å². The predicted octanol–water partition coefficient (Wildman–Crippen LogP) is 8.91. The number of hydrogen-bond acceptors (Lipinski definition) is 5. The maximum Gasteiger partial charge on any atom is 0.0666 e. The molecule has 48 heavy (non-hydrogen) atoms. The smallest absolute Gasteiger partial charge is 0.0666 e. The third-order valence-electron chi connectivity index (χ3n) is 17.5. The second-order valence-electron chi connectivity index (χ2n) is 19.6. The van der Waals surface area contributed by atoms with E-state index in [0.717, 1.165) is 53.3 Å². The highest BCUT2D eigenvalue weighted by Gasteiger charge is 2.58. The third kappa shape index (κ3) is 5.90. The van der Waals surface area contributed by atoms with E-state index in [-0.39, 0.29) is 0 Å². The Morgan fingerprint density at radius 2 is 0.833 bits per heavy atom. The Morgan fingerprint density at radius 3 is 1.65 bits per heavy atom. The average molecular weight is 662 g/mol. The number of hydrogen-bond donors (Lipinski definition) is 3. The van der Waals surface area contributed by atoms with Gasteiger partial charge in [-0.25, -0.2) is 0 Å². The van der Waals surface area contributed by atoms with Gasteiger partial charge < -0.3 is 9.47 Å². The molecule has 0 bridgehead atoms. The molecule has 0 aromatic heterocycles. The van der Waals surface area contributed by atoms with Gasteiger partial charge in [-0.2, -0.15) is 0 Å². The molecule has 3 aliphatic heterocycles. The topological polar surface area (TPSA) is 54.5 Å². The van der Waals surface area contributed by atoms with Crippen molar-refractivity contribution in [3.63, 3.8) is 0 Å². The van der Waals surface area contributed by atoms with E-state index in [1.165, 1.54) is 161 Å². The predicted molar refractivity (Wildman–Crippen MR) is 192 cm³/mol. The highest BCUT2D eigenvalue weighted by molar-refractivity contribution is 5.07. The summed E-state index contributed by atoms with van der Waals surface area (Å²) in [4.78, 5) is 0. The molecule has 0 spiro atoms. The molecule has 270 valence electrons. The molecule has 0 aromatic rings. The van der Waals surface area contributed by atoms with E-state index in [0.29, 0.717) is 54.7 Å². The van der Waals surface area contributed by atoms with E-state index in [1.54, 1.807) is 0 Å². The monoisotopic (exact) mass is 662 g/mol. The molecule has 0 amide bonds. The fourth-order valence-corrected chi connectivity index (χ4v) is 15.3. The minimum atomic E-state index is 0.389. The molecule has 5 heteroatoms. The average Bonchev–Trinajstić information content (AvgIpc) is 3.73. The van der Waals surface area contributed by atoms with Crippen molar-refractivity contribution < 1.29 is 9.47 Å². The molecular formula is C43H71N3O2. The molecule has 10 fully saturated rings. The van der Waals surface area contributed by atoms with Gasteiger partial charge in [0.05, 0.1) is 42.9 Å². The lowest BCUT2D eigenvalue weighted by Gasteiger charge is -2.51. The zero-order valence-electron chi connectivity index (χ0n) is 30.4. The number of nitrogens with one attached hydrogen (secondary N) is 3. The Labute approximate surface area is 293 Å². The summed E-state index contributed by atoms with van der Waals surface area (Å²) in [7, 11) is 0. The highest BCUT2D eigenvalue weighted by atomic mass is 16.5. The molecule has 7 aliphatic carbocycles. The van der Waals surface area contributed by atoms with Crippen LogP contribution in [0.2, 0.25) is 0 Å². The van der Waals surface area contributed by atoms with Crippen LogP contribution in [0.1, 0.15) is 161 Å². The number of rotatable bonds is 4. The van der Waals surface area contributed by atoms with Crippen LogP contribution in [0.15, 0.2) is 0 Å². The van der Waals surface area contributed by atoms with Gasteiger partial charge in [-0.15, -0.1) is 0 Å². The summed E-state index contributed by atoms with van der Waals surface area (Å²) >= 11 is 0. The fourth-order valence-electron chi connectivity index (χ4n) is 15.3. The molecule has 10 aliphatic rings. The first kappa shape index (κ1) is 32.5. The Kier molecular flexibility index (Phi) is 9.45. The third-order valence-corrected chi connectivity index (χ3v) is 17.5. The molecule has 7 saturated carbocycles. The molecule has 5 nitrogen and oxygen atoms in total. The number of fused-ring (bicyclic) bond motifs is 8. The van der Waals surface area contributed by atoms with Crippen molar-refractivity contribution in [1.82, 2.24) is 16.0 Å². The van der Waals surface area contributed by atoms with Crippen LogP contribution in [0.5, 0.6) is 0 Å². The van der Waals surface area contributed by atoms with E-state index in [1.807, 2.05) is 0 Å². The molecule has 3 saturated heterocycles. The van der Waals surface area contributed by atoms with Crippen LogP contribution >= 0.6 is 0 Å². The van der Waals surface area contributed by atoms with Crippen LogP contribution in [0.4, 0.5) is 0 Å². The normalized spacial score (nSPS) is 53.2. The first-order chi connectivity index (χ1) is 23.8. The van der Waals surface area contributed by atoms with E-state index in [9.17, 15) is 0 Å². The summed E-state index contributed by atoms with van der Waals surface area (Å²) < 4.78 is 14.5. The fraction of sp³-hybridized carbons (Fsp3) is 1.00. The lowest BCUT2D eigenvalue weighted by Crippen LogP contribution is -2.73. The first-order valence-electron chi connectivity index (χ1n) is 22.4. The van der Waals surface area contributed by atoms with Gasteiger partial charge in [0.15, 0.2) is 0 Å². The standard InChI is InChI=1S/C43H71N3O2/c1-3-12-26(13-4-1)35-25-36-31-23-22-28(24-38(31)48-40(36)32-18-8-7-16-29(32)35)42-44-41(27-14-5-2-6-15-27)45-43(46-42)34-20-11-19-33-30-17-9-10-21-37(30)47-39(33)34/h26-46H,1-25H2. The lowest BCUT2D eigenvalue weighted by molar-refractivity contribution is -0.0898. The van der Waals surface area contributed by atoms with Crippen molar-refractivity contribution >= 4 is 0 Å². The minimum Gasteiger partial charge on any atom is -0.374 e. The van der Waals surface area contributed by atoms with Crippen LogP contribution in [0.3, 0.4) is 0 Å². The van der Waals surface area contributed by atoms with Gasteiger partial charge >= 0.3 is 0 Å². The van der Waals surface area contributed by atoms with Crippen LogP contribution < -0.4 is 16.0 Å². The van der Waals surface area contributed by atoms with Crippen LogP contribution in [-0.4, -0.2) is 42.9 Å². The second kappa shape index (κ2) is 14.0. The maximum atomic E-state index is 7.40. The van der Waals surface area contributed by atoms with E-state index < -0.39 is 0 Å². The van der Waals surface area contributed by atoms with Crippen LogP contribution in [-0.2, 0) is 9.47 Å². The molecule has 0 aromatic carbocycles. The van der Waals surface area contributed by atoms with Crippen molar-refractivity contribution in [1.29, 1.82) is 0 Å². The summed E-state index contributed by atoms with van der Waals surface area (Å²) in [6.07, 6.45) is 39.3. The van der Waals surface area contributed by atoms with Gasteiger partial charge in [0, 0.05) is 5.92 Å². The second-order valence-corrected chi connectivity index (χ2v) is 19.6. The summed E-state index contributed by atoms with van der Waals surface area (Å²) in [5.74, 6) is 9.33. The molecule has 3 heterocycles. The van der Waals surface area contributed by atoms with Gasteiger partial charge in [0.1, 0.15) is 0 Å². The quantitative estimate of drug-likeness (QED) is 0.281. The van der Waals surface area contributed by atoms with Gasteiger partial charge in [0.25, 0.3) is 0 Å². The number of ether oxygens (including phenoxy) is 2. The van der Waals surface area contributed by atoms with Crippen molar-refractivity contribution in [2.24, 2.45) is 65.1 Å². The lowest BCUT2D eigenvalue weighted by atomic mass is 9.54. The van der Waals surface area contributed by atoms with Gasteiger partial charge in [0.2, 0.25) is 0 Å². The van der Waals surface area contributed by atoms with Crippen LogP contribution in [0, 0.1) is 65.1 Å². The Morgan fingerprint density at radius 1 is 0.292 bits per heavy atom. The summed E-state index contributed by atoms with van der Waals surface area (Å²) in [5.41, 5.74) is 0. The minimum absolute atomic E-state index is 0.389. The van der Waals surface area contributed by atoms with Gasteiger partial charge in [-0.1, -0.05) is 83.5 Å². The van der Waals surface area contributed by atoms with Crippen molar-refractivity contribution in [3.05, 3.63) is 0 Å². The molecule has 16 unspecified atom stereocenters. The van der Waals surface area contributed by atoms with Crippen molar-refractivity contribution in [2.75, 3.05) is 0 Å².